The van der Waals surface area contributed by atoms with E-state index < -0.39 is 5.41 Å². The molecule has 2 bridgehead atoms. The molecule has 0 saturated carbocycles. The molecule has 2 heterocycles. The minimum atomic E-state index is -0.466. The van der Waals surface area contributed by atoms with Crippen molar-refractivity contribution in [3.05, 3.63) is 0 Å². The Hall–Kier alpha value is -0.410. The second kappa shape index (κ2) is 2.30. The van der Waals surface area contributed by atoms with Gasteiger partial charge in [-0.1, -0.05) is 6.92 Å². The summed E-state index contributed by atoms with van der Waals surface area (Å²) in [6.07, 6.45) is -0.318. The summed E-state index contributed by atoms with van der Waals surface area (Å²) in [4.78, 5) is 11.7. The lowest BCUT2D eigenvalue weighted by molar-refractivity contribution is -0.181. The van der Waals surface area contributed by atoms with Crippen LogP contribution in [0.1, 0.15) is 20.8 Å². The third kappa shape index (κ3) is 0.866. The van der Waals surface area contributed by atoms with Gasteiger partial charge in [-0.3, -0.25) is 4.79 Å². The van der Waals surface area contributed by atoms with Crippen molar-refractivity contribution < 1.29 is 14.3 Å². The van der Waals surface area contributed by atoms with E-state index in [0.29, 0.717) is 6.61 Å². The zero-order chi connectivity index (χ0) is 8.93. The molecule has 68 valence electrons. The summed E-state index contributed by atoms with van der Waals surface area (Å²) in [6, 6.07) is 0. The van der Waals surface area contributed by atoms with Gasteiger partial charge in [0.1, 0.15) is 5.78 Å². The Kier molecular flexibility index (Phi) is 1.57. The predicted molar refractivity (Wildman–Crippen MR) is 42.6 cm³/mol. The lowest BCUT2D eigenvalue weighted by Crippen LogP contribution is -2.48. The minimum Gasteiger partial charge on any atom is -0.349 e. The van der Waals surface area contributed by atoms with Gasteiger partial charge in [0.05, 0.1) is 18.1 Å². The molecule has 0 amide bonds. The van der Waals surface area contributed by atoms with Crippen molar-refractivity contribution in [3.8, 4) is 0 Å². The summed E-state index contributed by atoms with van der Waals surface area (Å²) in [5.74, 6) is 0.250. The summed E-state index contributed by atoms with van der Waals surface area (Å²) in [7, 11) is 0. The third-order valence-electron chi connectivity index (χ3n) is 2.91. The van der Waals surface area contributed by atoms with Crippen LogP contribution >= 0.6 is 0 Å². The average Bonchev–Trinajstić information content (AvgIpc) is 2.46. The van der Waals surface area contributed by atoms with Crippen molar-refractivity contribution in [1.29, 1.82) is 0 Å². The van der Waals surface area contributed by atoms with Crippen LogP contribution in [0, 0.1) is 11.3 Å². The first-order valence-electron chi connectivity index (χ1n) is 4.35. The quantitative estimate of drug-likeness (QED) is 0.543. The molecule has 0 spiro atoms. The van der Waals surface area contributed by atoms with E-state index in [1.807, 2.05) is 20.8 Å². The Bertz CT molecular complexity index is 222. The van der Waals surface area contributed by atoms with Gasteiger partial charge in [-0.25, -0.2) is 0 Å². The number of rotatable bonds is 0. The number of ether oxygens (including phenoxy) is 2. The highest BCUT2D eigenvalue weighted by molar-refractivity contribution is 5.87. The van der Waals surface area contributed by atoms with E-state index in [-0.39, 0.29) is 24.1 Å². The van der Waals surface area contributed by atoms with E-state index >= 15 is 0 Å². The fourth-order valence-corrected chi connectivity index (χ4v) is 1.93. The van der Waals surface area contributed by atoms with Crippen LogP contribution in [0.4, 0.5) is 0 Å². The van der Waals surface area contributed by atoms with E-state index in [1.54, 1.807) is 0 Å². The van der Waals surface area contributed by atoms with Gasteiger partial charge in [0, 0.05) is 5.92 Å². The number of carbonyl (C=O) groups is 1. The van der Waals surface area contributed by atoms with Crippen LogP contribution in [0.2, 0.25) is 0 Å². The first-order valence-corrected chi connectivity index (χ1v) is 4.35. The highest BCUT2D eigenvalue weighted by Gasteiger charge is 2.52. The van der Waals surface area contributed by atoms with Gasteiger partial charge in [0.25, 0.3) is 0 Å². The maximum atomic E-state index is 11.7. The third-order valence-corrected chi connectivity index (χ3v) is 2.91. The van der Waals surface area contributed by atoms with Gasteiger partial charge in [0.15, 0.2) is 6.29 Å². The molecule has 12 heavy (non-hydrogen) atoms. The number of Topliss-reactive ketones (excluding diaryl/α,β-unsaturated/α-hetero) is 1. The highest BCUT2D eigenvalue weighted by Crippen LogP contribution is 2.40. The molecular formula is C9H14O3. The summed E-state index contributed by atoms with van der Waals surface area (Å²) < 4.78 is 10.9. The number of hydrogen-bond donors (Lipinski definition) is 0. The van der Waals surface area contributed by atoms with Gasteiger partial charge in [-0.05, 0) is 13.8 Å². The number of hydrogen-bond acceptors (Lipinski definition) is 3. The summed E-state index contributed by atoms with van der Waals surface area (Å²) in [6.45, 7) is 6.26. The molecule has 0 aliphatic carbocycles. The Labute approximate surface area is 72.0 Å². The van der Waals surface area contributed by atoms with Crippen molar-refractivity contribution in [1.82, 2.24) is 0 Å². The smallest absolute Gasteiger partial charge is 0.170 e. The minimum absolute atomic E-state index is 0.00414. The lowest BCUT2D eigenvalue weighted by atomic mass is 9.78. The van der Waals surface area contributed by atoms with Crippen molar-refractivity contribution in [2.45, 2.75) is 33.2 Å². The molecule has 0 aromatic heterocycles. The van der Waals surface area contributed by atoms with E-state index in [1.165, 1.54) is 0 Å². The first kappa shape index (κ1) is 8.20. The molecular weight excluding hydrogens is 156 g/mol. The first-order chi connectivity index (χ1) is 5.53. The number of ketones is 1. The van der Waals surface area contributed by atoms with E-state index in [9.17, 15) is 4.79 Å². The van der Waals surface area contributed by atoms with Crippen LogP contribution in [0.15, 0.2) is 0 Å². The van der Waals surface area contributed by atoms with Gasteiger partial charge >= 0.3 is 0 Å². The fourth-order valence-electron chi connectivity index (χ4n) is 1.93. The Balaban J connectivity index is 2.33. The Morgan fingerprint density at radius 1 is 1.50 bits per heavy atom. The predicted octanol–water partition coefficient (Wildman–Crippen LogP) is 0.973. The van der Waals surface area contributed by atoms with Crippen LogP contribution < -0.4 is 0 Å². The molecule has 2 rings (SSSR count). The zero-order valence-electron chi connectivity index (χ0n) is 7.66. The maximum absolute atomic E-state index is 11.7. The second-order valence-corrected chi connectivity index (χ2v) is 4.21. The lowest BCUT2D eigenvalue weighted by Gasteiger charge is -2.36. The largest absolute Gasteiger partial charge is 0.349 e. The van der Waals surface area contributed by atoms with Gasteiger partial charge in [0.2, 0.25) is 0 Å². The molecule has 0 radical (unpaired) electrons. The van der Waals surface area contributed by atoms with Gasteiger partial charge < -0.3 is 9.47 Å². The molecule has 3 atom stereocenters. The summed E-state index contributed by atoms with van der Waals surface area (Å²) in [5, 5.41) is 0. The molecule has 0 N–H and O–H groups in total. The average molecular weight is 170 g/mol. The molecule has 2 aliphatic rings. The van der Waals surface area contributed by atoms with Gasteiger partial charge in [-0.15, -0.1) is 0 Å². The topological polar surface area (TPSA) is 35.5 Å². The highest BCUT2D eigenvalue weighted by atomic mass is 16.7. The molecule has 2 fully saturated rings. The van der Waals surface area contributed by atoms with Crippen LogP contribution in [-0.4, -0.2) is 24.8 Å². The van der Waals surface area contributed by atoms with Crippen LogP contribution in [0.3, 0.4) is 0 Å². The van der Waals surface area contributed by atoms with E-state index in [4.69, 9.17) is 9.47 Å². The molecule has 3 nitrogen and oxygen atoms in total. The molecule has 3 heteroatoms. The standard InChI is InChI=1S/C9H14O3/c1-5-6-4-11-8(12-6)9(2,3)7(5)10/h5-6,8H,4H2,1-3H3/t5-,6+,8+/m0/s1. The van der Waals surface area contributed by atoms with E-state index in [0.717, 1.165) is 0 Å². The molecule has 0 unspecified atom stereocenters. The van der Waals surface area contributed by atoms with Crippen molar-refractivity contribution in [2.75, 3.05) is 6.61 Å². The second-order valence-electron chi connectivity index (χ2n) is 4.21. The van der Waals surface area contributed by atoms with Crippen LogP contribution in [0.25, 0.3) is 0 Å². The Morgan fingerprint density at radius 3 is 2.83 bits per heavy atom. The van der Waals surface area contributed by atoms with Crippen molar-refractivity contribution in [2.24, 2.45) is 11.3 Å². The summed E-state index contributed by atoms with van der Waals surface area (Å²) in [5.41, 5.74) is -0.466. The normalized spacial score (nSPS) is 44.9. The summed E-state index contributed by atoms with van der Waals surface area (Å²) >= 11 is 0. The molecule has 0 aromatic carbocycles. The van der Waals surface area contributed by atoms with Crippen LogP contribution in [-0.2, 0) is 14.3 Å². The van der Waals surface area contributed by atoms with E-state index in [2.05, 4.69) is 0 Å². The number of carbonyl (C=O) groups excluding carboxylic acids is 1. The molecule has 2 aliphatic heterocycles. The zero-order valence-corrected chi connectivity index (χ0v) is 7.66. The SMILES string of the molecule is C[C@@H]1C(=O)C(C)(C)[C@@H]2OC[C@H]1O2. The Morgan fingerprint density at radius 2 is 2.17 bits per heavy atom. The van der Waals surface area contributed by atoms with Gasteiger partial charge in [-0.2, -0.15) is 0 Å². The fraction of sp³-hybridized carbons (Fsp3) is 0.889. The monoisotopic (exact) mass is 170 g/mol. The number of fused-ring (bicyclic) bond motifs is 2. The van der Waals surface area contributed by atoms with Crippen LogP contribution in [0.5, 0.6) is 0 Å². The van der Waals surface area contributed by atoms with Crippen molar-refractivity contribution >= 4 is 5.78 Å². The molecule has 0 aromatic rings. The molecule has 2 saturated heterocycles. The maximum Gasteiger partial charge on any atom is 0.170 e. The van der Waals surface area contributed by atoms with Crippen molar-refractivity contribution in [3.63, 3.8) is 0 Å².